The molecule has 0 N–H and O–H groups in total. The fraction of sp³-hybridized carbons (Fsp3) is 0.235. The van der Waals surface area contributed by atoms with Gasteiger partial charge in [0.25, 0.3) is 0 Å². The van der Waals surface area contributed by atoms with Crippen LogP contribution in [0.1, 0.15) is 0 Å². The predicted octanol–water partition coefficient (Wildman–Crippen LogP) is 4.46. The zero-order valence-electron chi connectivity index (χ0n) is 12.4. The van der Waals surface area contributed by atoms with Crippen molar-refractivity contribution in [1.82, 2.24) is 5.16 Å². The van der Waals surface area contributed by atoms with Crippen LogP contribution in [0.15, 0.2) is 47.0 Å². The van der Waals surface area contributed by atoms with Gasteiger partial charge in [-0.05, 0) is 30.3 Å². The molecule has 23 heavy (non-hydrogen) atoms. The Hall–Kier alpha value is -1.91. The fourth-order valence-corrected chi connectivity index (χ4v) is 3.53. The zero-order valence-corrected chi connectivity index (χ0v) is 13.9. The van der Waals surface area contributed by atoms with Gasteiger partial charge in [-0.2, -0.15) is 0 Å². The molecule has 0 amide bonds. The third kappa shape index (κ3) is 2.73. The van der Waals surface area contributed by atoms with Crippen LogP contribution < -0.4 is 9.80 Å². The number of nitrogens with zero attached hydrogens (tertiary/aromatic N) is 3. The Morgan fingerprint density at radius 1 is 0.913 bits per heavy atom. The summed E-state index contributed by atoms with van der Waals surface area (Å²) in [6, 6.07) is 13.6. The molecule has 0 unspecified atom stereocenters. The molecule has 4 nitrogen and oxygen atoms in total. The molecule has 1 fully saturated rings. The van der Waals surface area contributed by atoms with Crippen molar-refractivity contribution >= 4 is 45.7 Å². The molecule has 0 spiro atoms. The first-order valence-corrected chi connectivity index (χ1v) is 8.27. The van der Waals surface area contributed by atoms with Crippen molar-refractivity contribution in [3.8, 4) is 0 Å². The van der Waals surface area contributed by atoms with Crippen LogP contribution in [0.2, 0.25) is 10.0 Å². The first-order valence-electron chi connectivity index (χ1n) is 7.52. The molecule has 2 heterocycles. The summed E-state index contributed by atoms with van der Waals surface area (Å²) in [6.07, 6.45) is 0. The van der Waals surface area contributed by atoms with E-state index in [0.29, 0.717) is 10.0 Å². The van der Waals surface area contributed by atoms with Gasteiger partial charge in [-0.1, -0.05) is 40.5 Å². The van der Waals surface area contributed by atoms with E-state index in [2.05, 4.69) is 15.0 Å². The van der Waals surface area contributed by atoms with Gasteiger partial charge in [0.1, 0.15) is 0 Å². The van der Waals surface area contributed by atoms with Crippen LogP contribution in [0.25, 0.3) is 11.0 Å². The Morgan fingerprint density at radius 3 is 2.43 bits per heavy atom. The standard InChI is InChI=1S/C17H15Cl2N3O/c18-12-5-6-15(14(19)11-12)21-7-9-22(10-8-21)17-13-3-1-2-4-16(13)23-20-17/h1-6,11H,7-10H2. The van der Waals surface area contributed by atoms with Crippen molar-refractivity contribution in [2.45, 2.75) is 0 Å². The minimum Gasteiger partial charge on any atom is -0.367 e. The van der Waals surface area contributed by atoms with Gasteiger partial charge in [0.15, 0.2) is 11.4 Å². The summed E-state index contributed by atoms with van der Waals surface area (Å²) in [6.45, 7) is 3.50. The maximum absolute atomic E-state index is 6.31. The van der Waals surface area contributed by atoms with Crippen LogP contribution in [-0.2, 0) is 0 Å². The van der Waals surface area contributed by atoms with Gasteiger partial charge >= 0.3 is 0 Å². The van der Waals surface area contributed by atoms with Crippen LogP contribution in [0.3, 0.4) is 0 Å². The number of anilines is 2. The van der Waals surface area contributed by atoms with E-state index in [-0.39, 0.29) is 0 Å². The molecule has 0 atom stereocenters. The molecular formula is C17H15Cl2N3O. The summed E-state index contributed by atoms with van der Waals surface area (Å²) in [5.41, 5.74) is 1.85. The number of piperazine rings is 1. The Bertz CT molecular complexity index is 841. The summed E-state index contributed by atoms with van der Waals surface area (Å²) in [5.74, 6) is 0.919. The van der Waals surface area contributed by atoms with Gasteiger partial charge in [-0.25, -0.2) is 0 Å². The maximum atomic E-state index is 6.31. The maximum Gasteiger partial charge on any atom is 0.180 e. The fourth-order valence-electron chi connectivity index (χ4n) is 3.00. The average Bonchev–Trinajstić information content (AvgIpc) is 2.99. The Labute approximate surface area is 144 Å². The Morgan fingerprint density at radius 2 is 1.65 bits per heavy atom. The third-order valence-electron chi connectivity index (χ3n) is 4.19. The smallest absolute Gasteiger partial charge is 0.180 e. The van der Waals surface area contributed by atoms with E-state index in [0.717, 1.165) is 48.7 Å². The van der Waals surface area contributed by atoms with Crippen LogP contribution in [0, 0.1) is 0 Å². The zero-order chi connectivity index (χ0) is 15.8. The number of fused-ring (bicyclic) bond motifs is 1. The van der Waals surface area contributed by atoms with Crippen molar-refractivity contribution < 1.29 is 4.52 Å². The minimum atomic E-state index is 0.659. The van der Waals surface area contributed by atoms with E-state index in [4.69, 9.17) is 27.7 Å². The number of hydrogen-bond donors (Lipinski definition) is 0. The minimum absolute atomic E-state index is 0.659. The number of hydrogen-bond acceptors (Lipinski definition) is 4. The van der Waals surface area contributed by atoms with Gasteiger partial charge < -0.3 is 14.3 Å². The number of halogens is 2. The molecule has 4 rings (SSSR count). The summed E-state index contributed by atoms with van der Waals surface area (Å²) in [4.78, 5) is 4.53. The normalized spacial score (nSPS) is 15.4. The van der Waals surface area contributed by atoms with E-state index in [1.165, 1.54) is 0 Å². The van der Waals surface area contributed by atoms with Gasteiger partial charge in [-0.15, -0.1) is 0 Å². The highest BCUT2D eigenvalue weighted by molar-refractivity contribution is 6.36. The molecule has 6 heteroatoms. The van der Waals surface area contributed by atoms with Crippen LogP contribution >= 0.6 is 23.2 Å². The van der Waals surface area contributed by atoms with E-state index in [1.54, 1.807) is 6.07 Å². The van der Waals surface area contributed by atoms with Crippen LogP contribution in [0.5, 0.6) is 0 Å². The van der Waals surface area contributed by atoms with Gasteiger partial charge in [0, 0.05) is 31.2 Å². The average molecular weight is 348 g/mol. The summed E-state index contributed by atoms with van der Waals surface area (Å²) < 4.78 is 5.40. The lowest BCUT2D eigenvalue weighted by Crippen LogP contribution is -2.46. The van der Waals surface area contributed by atoms with Crippen LogP contribution in [0.4, 0.5) is 11.5 Å². The second kappa shape index (κ2) is 5.95. The van der Waals surface area contributed by atoms with Crippen LogP contribution in [-0.4, -0.2) is 31.3 Å². The molecule has 1 aromatic heterocycles. The molecule has 3 aromatic rings. The van der Waals surface area contributed by atoms with E-state index < -0.39 is 0 Å². The number of aromatic nitrogens is 1. The molecule has 0 radical (unpaired) electrons. The third-order valence-corrected chi connectivity index (χ3v) is 4.73. The molecule has 1 aliphatic heterocycles. The largest absolute Gasteiger partial charge is 0.367 e. The topological polar surface area (TPSA) is 32.5 Å². The lowest BCUT2D eigenvalue weighted by molar-refractivity contribution is 0.453. The van der Waals surface area contributed by atoms with Crippen molar-refractivity contribution in [3.05, 3.63) is 52.5 Å². The molecule has 2 aromatic carbocycles. The predicted molar refractivity (Wildman–Crippen MR) is 94.9 cm³/mol. The highest BCUT2D eigenvalue weighted by atomic mass is 35.5. The SMILES string of the molecule is Clc1ccc(N2CCN(c3noc4ccccc34)CC2)c(Cl)c1. The highest BCUT2D eigenvalue weighted by Gasteiger charge is 2.22. The quantitative estimate of drug-likeness (QED) is 0.684. The van der Waals surface area contributed by atoms with Crippen molar-refractivity contribution in [3.63, 3.8) is 0 Å². The molecule has 1 aliphatic rings. The van der Waals surface area contributed by atoms with E-state index >= 15 is 0 Å². The molecule has 0 bridgehead atoms. The summed E-state index contributed by atoms with van der Waals surface area (Å²) in [5, 5.41) is 6.65. The number of rotatable bonds is 2. The van der Waals surface area contributed by atoms with E-state index in [9.17, 15) is 0 Å². The van der Waals surface area contributed by atoms with Crippen molar-refractivity contribution in [2.24, 2.45) is 0 Å². The molecule has 1 saturated heterocycles. The highest BCUT2D eigenvalue weighted by Crippen LogP contribution is 2.31. The Balaban J connectivity index is 1.53. The monoisotopic (exact) mass is 347 g/mol. The first-order chi connectivity index (χ1) is 11.2. The number of benzene rings is 2. The first kappa shape index (κ1) is 14.7. The number of para-hydroxylation sites is 1. The van der Waals surface area contributed by atoms with Crippen molar-refractivity contribution in [1.29, 1.82) is 0 Å². The van der Waals surface area contributed by atoms with E-state index in [1.807, 2.05) is 36.4 Å². The van der Waals surface area contributed by atoms with Crippen molar-refractivity contribution in [2.75, 3.05) is 36.0 Å². The summed E-state index contributed by atoms with van der Waals surface area (Å²) >= 11 is 12.3. The molecular weight excluding hydrogens is 333 g/mol. The molecule has 0 saturated carbocycles. The van der Waals surface area contributed by atoms with Gasteiger partial charge in [-0.3, -0.25) is 0 Å². The second-order valence-corrected chi connectivity index (χ2v) is 6.42. The molecule has 118 valence electrons. The second-order valence-electron chi connectivity index (χ2n) is 5.57. The Kier molecular flexibility index (Phi) is 3.79. The summed E-state index contributed by atoms with van der Waals surface area (Å²) in [7, 11) is 0. The van der Waals surface area contributed by atoms with Gasteiger partial charge in [0.05, 0.1) is 16.1 Å². The lowest BCUT2D eigenvalue weighted by Gasteiger charge is -2.36. The van der Waals surface area contributed by atoms with Gasteiger partial charge in [0.2, 0.25) is 0 Å². The lowest BCUT2D eigenvalue weighted by atomic mass is 10.2. The molecule has 0 aliphatic carbocycles.